The maximum absolute atomic E-state index is 12.4. The molecule has 0 aromatic heterocycles. The first-order valence-corrected chi connectivity index (χ1v) is 7.47. The van der Waals surface area contributed by atoms with E-state index in [0.29, 0.717) is 22.2 Å². The number of ether oxygens (including phenoxy) is 1. The summed E-state index contributed by atoms with van der Waals surface area (Å²) in [5, 5.41) is 9.01. The molecule has 1 amide bonds. The third-order valence-corrected chi connectivity index (χ3v) is 3.87. The zero-order chi connectivity index (χ0) is 16.3. The quantitative estimate of drug-likeness (QED) is 0.858. The number of rotatable bonds is 4. The van der Waals surface area contributed by atoms with E-state index in [0.717, 1.165) is 0 Å². The van der Waals surface area contributed by atoms with Crippen molar-refractivity contribution >= 4 is 23.6 Å². The SMILES string of the molecule is C[C@@H]1CN(C(=O)c2ccc(SC(F)F)cc2)CC(C(=O)O)O1. The Labute approximate surface area is 130 Å². The Morgan fingerprint density at radius 2 is 1.95 bits per heavy atom. The van der Waals surface area contributed by atoms with E-state index in [9.17, 15) is 18.4 Å². The number of carbonyl (C=O) groups excluding carboxylic acids is 1. The summed E-state index contributed by atoms with van der Waals surface area (Å²) < 4.78 is 29.7. The van der Waals surface area contributed by atoms with Crippen LogP contribution in [-0.2, 0) is 9.53 Å². The van der Waals surface area contributed by atoms with Crippen molar-refractivity contribution < 1.29 is 28.2 Å². The lowest BCUT2D eigenvalue weighted by Gasteiger charge is -2.35. The van der Waals surface area contributed by atoms with Crippen LogP contribution in [0.5, 0.6) is 0 Å². The summed E-state index contributed by atoms with van der Waals surface area (Å²) in [6, 6.07) is 5.82. The number of aliphatic carboxylic acids is 1. The van der Waals surface area contributed by atoms with Crippen molar-refractivity contribution in [2.45, 2.75) is 29.8 Å². The lowest BCUT2D eigenvalue weighted by molar-refractivity contribution is -0.160. The van der Waals surface area contributed by atoms with Crippen molar-refractivity contribution in [1.29, 1.82) is 0 Å². The van der Waals surface area contributed by atoms with Gasteiger partial charge in [0.25, 0.3) is 11.7 Å². The van der Waals surface area contributed by atoms with Crippen molar-refractivity contribution in [1.82, 2.24) is 4.90 Å². The first kappa shape index (κ1) is 16.7. The largest absolute Gasteiger partial charge is 0.479 e. The number of hydrogen-bond acceptors (Lipinski definition) is 4. The predicted octanol–water partition coefficient (Wildman–Crippen LogP) is 2.32. The van der Waals surface area contributed by atoms with Crippen molar-refractivity contribution in [3.8, 4) is 0 Å². The van der Waals surface area contributed by atoms with Crippen LogP contribution in [0.4, 0.5) is 8.78 Å². The summed E-state index contributed by atoms with van der Waals surface area (Å²) in [4.78, 5) is 25.2. The van der Waals surface area contributed by atoms with Gasteiger partial charge >= 0.3 is 5.97 Å². The molecule has 120 valence electrons. The Morgan fingerprint density at radius 1 is 1.32 bits per heavy atom. The third-order valence-electron chi connectivity index (χ3n) is 3.15. The fourth-order valence-electron chi connectivity index (χ4n) is 2.22. The Hall–Kier alpha value is -1.67. The summed E-state index contributed by atoms with van der Waals surface area (Å²) in [6.45, 7) is 1.94. The van der Waals surface area contributed by atoms with Gasteiger partial charge in [-0.3, -0.25) is 4.79 Å². The average Bonchev–Trinajstić information content (AvgIpc) is 2.46. The maximum atomic E-state index is 12.4. The standard InChI is InChI=1S/C14H15F2NO4S/c1-8-6-17(7-11(21-8)13(19)20)12(18)9-2-4-10(5-3-9)22-14(15)16/h2-5,8,11,14H,6-7H2,1H3,(H,19,20)/t8-,11?/m1/s1. The summed E-state index contributed by atoms with van der Waals surface area (Å²) in [6.07, 6.45) is -1.44. The summed E-state index contributed by atoms with van der Waals surface area (Å²) in [7, 11) is 0. The van der Waals surface area contributed by atoms with Gasteiger partial charge in [0.2, 0.25) is 0 Å². The van der Waals surface area contributed by atoms with E-state index in [4.69, 9.17) is 9.84 Å². The number of hydrogen-bond donors (Lipinski definition) is 1. The monoisotopic (exact) mass is 331 g/mol. The highest BCUT2D eigenvalue weighted by atomic mass is 32.2. The maximum Gasteiger partial charge on any atom is 0.334 e. The minimum atomic E-state index is -2.52. The molecule has 0 bridgehead atoms. The minimum Gasteiger partial charge on any atom is -0.479 e. The summed E-state index contributed by atoms with van der Waals surface area (Å²) in [5.41, 5.74) is 0.330. The molecular formula is C14H15F2NO4S. The van der Waals surface area contributed by atoms with Crippen LogP contribution in [0.2, 0.25) is 0 Å². The zero-order valence-corrected chi connectivity index (χ0v) is 12.6. The Kier molecular flexibility index (Phi) is 5.36. The van der Waals surface area contributed by atoms with Crippen LogP contribution in [0.3, 0.4) is 0 Å². The second-order valence-electron chi connectivity index (χ2n) is 4.89. The molecule has 1 N–H and O–H groups in total. The Bertz CT molecular complexity index is 552. The fraction of sp³-hybridized carbons (Fsp3) is 0.429. The molecule has 5 nitrogen and oxygen atoms in total. The molecule has 22 heavy (non-hydrogen) atoms. The molecule has 0 radical (unpaired) electrons. The first-order valence-electron chi connectivity index (χ1n) is 6.59. The molecule has 8 heteroatoms. The molecule has 1 aromatic rings. The summed E-state index contributed by atoms with van der Waals surface area (Å²) in [5.74, 6) is -3.97. The lowest BCUT2D eigenvalue weighted by atomic mass is 10.1. The number of carboxylic acid groups (broad SMARTS) is 1. The van der Waals surface area contributed by atoms with E-state index in [1.54, 1.807) is 6.92 Å². The molecule has 1 fully saturated rings. The van der Waals surface area contributed by atoms with Crippen LogP contribution in [0.15, 0.2) is 29.2 Å². The fourth-order valence-corrected chi connectivity index (χ4v) is 2.71. The number of morpholine rings is 1. The van der Waals surface area contributed by atoms with E-state index in [2.05, 4.69) is 0 Å². The number of thioether (sulfide) groups is 1. The minimum absolute atomic E-state index is 0.0357. The van der Waals surface area contributed by atoms with Gasteiger partial charge in [0.15, 0.2) is 6.10 Å². The van der Waals surface area contributed by atoms with Crippen molar-refractivity contribution in [2.24, 2.45) is 0 Å². The van der Waals surface area contributed by atoms with Gasteiger partial charge < -0.3 is 14.7 Å². The molecule has 1 aromatic carbocycles. The molecule has 0 spiro atoms. The highest BCUT2D eigenvalue weighted by molar-refractivity contribution is 7.99. The second-order valence-corrected chi connectivity index (χ2v) is 5.95. The summed E-state index contributed by atoms with van der Waals surface area (Å²) >= 11 is 0.403. The number of benzene rings is 1. The van der Waals surface area contributed by atoms with Crippen molar-refractivity contribution in [3.63, 3.8) is 0 Å². The van der Waals surface area contributed by atoms with Crippen molar-refractivity contribution in [3.05, 3.63) is 29.8 Å². The number of halogens is 2. The van der Waals surface area contributed by atoms with Crippen molar-refractivity contribution in [2.75, 3.05) is 13.1 Å². The van der Waals surface area contributed by atoms with Crippen LogP contribution in [0, 0.1) is 0 Å². The second kappa shape index (κ2) is 7.06. The van der Waals surface area contributed by atoms with Crippen LogP contribution < -0.4 is 0 Å². The van der Waals surface area contributed by atoms with Gasteiger partial charge in [-0.2, -0.15) is 8.78 Å². The van der Waals surface area contributed by atoms with Gasteiger partial charge in [-0.15, -0.1) is 0 Å². The van der Waals surface area contributed by atoms with E-state index >= 15 is 0 Å². The van der Waals surface area contributed by atoms with Crippen LogP contribution in [0.1, 0.15) is 17.3 Å². The number of alkyl halides is 2. The van der Waals surface area contributed by atoms with E-state index in [1.165, 1.54) is 29.2 Å². The van der Waals surface area contributed by atoms with Gasteiger partial charge in [-0.1, -0.05) is 11.8 Å². The van der Waals surface area contributed by atoms with Gasteiger partial charge in [-0.25, -0.2) is 4.79 Å². The number of carboxylic acids is 1. The van der Waals surface area contributed by atoms with Gasteiger partial charge in [0.1, 0.15) is 0 Å². The number of nitrogens with zero attached hydrogens (tertiary/aromatic N) is 1. The molecule has 0 aliphatic carbocycles. The molecule has 1 unspecified atom stereocenters. The molecule has 0 saturated carbocycles. The highest BCUT2D eigenvalue weighted by Crippen LogP contribution is 2.25. The molecule has 1 heterocycles. The van der Waals surface area contributed by atoms with E-state index in [-0.39, 0.29) is 25.1 Å². The molecule has 2 atom stereocenters. The zero-order valence-electron chi connectivity index (χ0n) is 11.7. The molecule has 2 rings (SSSR count). The first-order chi connectivity index (χ1) is 10.4. The number of carbonyl (C=O) groups is 2. The highest BCUT2D eigenvalue weighted by Gasteiger charge is 2.32. The number of amides is 1. The Balaban J connectivity index is 2.08. The topological polar surface area (TPSA) is 66.8 Å². The Morgan fingerprint density at radius 3 is 2.50 bits per heavy atom. The van der Waals surface area contributed by atoms with Gasteiger partial charge in [0.05, 0.1) is 12.6 Å². The normalized spacial score (nSPS) is 21.9. The molecule has 1 aliphatic heterocycles. The smallest absolute Gasteiger partial charge is 0.334 e. The molecule has 1 aliphatic rings. The van der Waals surface area contributed by atoms with Gasteiger partial charge in [-0.05, 0) is 31.2 Å². The van der Waals surface area contributed by atoms with Gasteiger partial charge in [0, 0.05) is 17.0 Å². The van der Waals surface area contributed by atoms with Crippen LogP contribution >= 0.6 is 11.8 Å². The molecule has 1 saturated heterocycles. The lowest BCUT2D eigenvalue weighted by Crippen LogP contribution is -2.51. The molecular weight excluding hydrogens is 316 g/mol. The average molecular weight is 331 g/mol. The van der Waals surface area contributed by atoms with Crippen LogP contribution in [0.25, 0.3) is 0 Å². The van der Waals surface area contributed by atoms with Crippen LogP contribution in [-0.4, -0.2) is 52.9 Å². The predicted molar refractivity (Wildman–Crippen MR) is 76.2 cm³/mol. The van der Waals surface area contributed by atoms with E-state index < -0.39 is 17.8 Å². The third kappa shape index (κ3) is 4.17. The van der Waals surface area contributed by atoms with E-state index in [1.807, 2.05) is 0 Å².